The topological polar surface area (TPSA) is 104 Å². The number of halogens is 1. The van der Waals surface area contributed by atoms with E-state index in [0.717, 1.165) is 38.6 Å². The quantitative estimate of drug-likeness (QED) is 0.388. The summed E-state index contributed by atoms with van der Waals surface area (Å²) in [6.07, 6.45) is 3.82. The maximum absolute atomic E-state index is 9.97. The maximum atomic E-state index is 9.97. The molecule has 1 fully saturated rings. The van der Waals surface area contributed by atoms with Crippen molar-refractivity contribution >= 4 is 34.1 Å². The van der Waals surface area contributed by atoms with Crippen LogP contribution < -0.4 is 5.32 Å². The lowest BCUT2D eigenvalue weighted by Crippen LogP contribution is -2.32. The summed E-state index contributed by atoms with van der Waals surface area (Å²) >= 11 is 6.51. The van der Waals surface area contributed by atoms with Crippen molar-refractivity contribution in [3.8, 4) is 5.82 Å². The number of nitrogens with zero attached hydrogens (tertiary/aromatic N) is 6. The molecule has 3 aromatic heterocycles. The van der Waals surface area contributed by atoms with E-state index in [2.05, 4.69) is 29.9 Å². The second kappa shape index (κ2) is 8.99. The number of hydrogen-bond donors (Lipinski definition) is 3. The molecule has 0 amide bonds. The van der Waals surface area contributed by atoms with Gasteiger partial charge in [-0.25, -0.2) is 9.67 Å². The molecule has 0 unspecified atom stereocenters. The molecule has 0 spiro atoms. The lowest BCUT2D eigenvalue weighted by Gasteiger charge is -2.21. The average molecular weight is 482 g/mol. The molecule has 0 bridgehead atoms. The second-order valence-corrected chi connectivity index (χ2v) is 9.27. The van der Waals surface area contributed by atoms with Gasteiger partial charge in [0.25, 0.3) is 0 Å². The Morgan fingerprint density at radius 1 is 1.24 bits per heavy atom. The van der Waals surface area contributed by atoms with Gasteiger partial charge in [0.05, 0.1) is 23.4 Å². The number of β-amino-alcohol motifs (C(OH)–C–C–N with tert-alkyl or cyclic N) is 1. The summed E-state index contributed by atoms with van der Waals surface area (Å²) in [6.45, 7) is 5.14. The lowest BCUT2D eigenvalue weighted by molar-refractivity contribution is 0.150. The van der Waals surface area contributed by atoms with Gasteiger partial charge in [0.2, 0.25) is 5.95 Å². The summed E-state index contributed by atoms with van der Waals surface area (Å²) in [5.41, 5.74) is 4.84. The lowest BCUT2D eigenvalue weighted by atomic mass is 10.2. The maximum Gasteiger partial charge on any atom is 0.229 e. The molecular formula is C24H28ClN7O2. The van der Waals surface area contributed by atoms with E-state index in [0.29, 0.717) is 31.3 Å². The number of aliphatic hydroxyl groups excluding tert-OH is 2. The normalized spacial score (nSPS) is 18.8. The molecule has 3 N–H and O–H groups in total. The monoisotopic (exact) mass is 481 g/mol. The molecule has 2 atom stereocenters. The van der Waals surface area contributed by atoms with E-state index in [1.165, 1.54) is 0 Å². The first-order chi connectivity index (χ1) is 16.3. The van der Waals surface area contributed by atoms with Crippen LogP contribution in [0.2, 0.25) is 5.02 Å². The summed E-state index contributed by atoms with van der Waals surface area (Å²) in [4.78, 5) is 11.1. The van der Waals surface area contributed by atoms with E-state index in [9.17, 15) is 10.2 Å². The van der Waals surface area contributed by atoms with E-state index in [-0.39, 0.29) is 12.6 Å². The van der Waals surface area contributed by atoms with Gasteiger partial charge < -0.3 is 20.1 Å². The van der Waals surface area contributed by atoms with Crippen LogP contribution >= 0.6 is 11.6 Å². The molecule has 10 heteroatoms. The van der Waals surface area contributed by atoms with E-state index in [1.807, 2.05) is 45.3 Å². The van der Waals surface area contributed by atoms with Crippen LogP contribution in [0, 0.1) is 13.8 Å². The van der Waals surface area contributed by atoms with Crippen molar-refractivity contribution in [1.82, 2.24) is 29.2 Å². The highest BCUT2D eigenvalue weighted by molar-refractivity contribution is 6.36. The first-order valence-electron chi connectivity index (χ1n) is 11.3. The molecule has 34 heavy (non-hydrogen) atoms. The Kier molecular flexibility index (Phi) is 6.03. The van der Waals surface area contributed by atoms with Gasteiger partial charge in [-0.15, -0.1) is 0 Å². The summed E-state index contributed by atoms with van der Waals surface area (Å²) in [7, 11) is 2.00. The van der Waals surface area contributed by atoms with Crippen LogP contribution in [0.25, 0.3) is 16.7 Å². The zero-order valence-electron chi connectivity index (χ0n) is 19.4. The summed E-state index contributed by atoms with van der Waals surface area (Å²) in [6, 6.07) is 7.77. The van der Waals surface area contributed by atoms with Gasteiger partial charge in [0.15, 0.2) is 5.82 Å². The van der Waals surface area contributed by atoms with Crippen LogP contribution in [-0.4, -0.2) is 64.7 Å². The highest BCUT2D eigenvalue weighted by Crippen LogP contribution is 2.32. The van der Waals surface area contributed by atoms with Gasteiger partial charge in [-0.3, -0.25) is 4.90 Å². The minimum atomic E-state index is -0.406. The van der Waals surface area contributed by atoms with Crippen molar-refractivity contribution in [2.75, 3.05) is 18.5 Å². The Labute approximate surface area is 202 Å². The second-order valence-electron chi connectivity index (χ2n) is 8.89. The fourth-order valence-electron chi connectivity index (χ4n) is 4.60. The molecule has 5 rings (SSSR count). The zero-order valence-corrected chi connectivity index (χ0v) is 20.2. The Hall–Kier alpha value is -2.98. The van der Waals surface area contributed by atoms with E-state index < -0.39 is 6.10 Å². The summed E-state index contributed by atoms with van der Waals surface area (Å²) in [5.74, 6) is 1.10. The summed E-state index contributed by atoms with van der Waals surface area (Å²) < 4.78 is 3.81. The number of rotatable bonds is 6. The molecule has 1 aliphatic rings. The number of benzene rings is 1. The smallest absolute Gasteiger partial charge is 0.229 e. The van der Waals surface area contributed by atoms with Gasteiger partial charge >= 0.3 is 0 Å². The predicted octanol–water partition coefficient (Wildman–Crippen LogP) is 3.10. The van der Waals surface area contributed by atoms with Gasteiger partial charge in [-0.2, -0.15) is 10.1 Å². The highest BCUT2D eigenvalue weighted by atomic mass is 35.5. The van der Waals surface area contributed by atoms with Crippen LogP contribution in [0.15, 0.2) is 36.7 Å². The number of fused-ring (bicyclic) bond motifs is 1. The molecule has 0 saturated carbocycles. The minimum Gasteiger partial charge on any atom is -0.395 e. The number of hydrogen-bond acceptors (Lipinski definition) is 7. The molecule has 4 heterocycles. The van der Waals surface area contributed by atoms with Crippen LogP contribution in [0.4, 0.5) is 11.6 Å². The molecule has 4 aromatic rings. The fourth-order valence-corrected chi connectivity index (χ4v) is 4.88. The molecule has 9 nitrogen and oxygen atoms in total. The number of anilines is 2. The van der Waals surface area contributed by atoms with Crippen molar-refractivity contribution < 1.29 is 10.2 Å². The average Bonchev–Trinajstić information content (AvgIpc) is 3.45. The van der Waals surface area contributed by atoms with Crippen LogP contribution in [0.1, 0.15) is 23.4 Å². The van der Waals surface area contributed by atoms with E-state index in [4.69, 9.17) is 11.6 Å². The van der Waals surface area contributed by atoms with Crippen molar-refractivity contribution in [2.24, 2.45) is 7.05 Å². The Morgan fingerprint density at radius 2 is 2.06 bits per heavy atom. The third-order valence-corrected chi connectivity index (χ3v) is 7.11. The molecule has 0 radical (unpaired) electrons. The molecule has 1 aromatic carbocycles. The molecular weight excluding hydrogens is 454 g/mol. The van der Waals surface area contributed by atoms with Gasteiger partial charge in [0.1, 0.15) is 0 Å². The Balaban J connectivity index is 1.37. The number of aryl methyl sites for hydroxylation is 2. The number of aliphatic hydroxyl groups is 2. The molecule has 0 aliphatic carbocycles. The third kappa shape index (κ3) is 4.16. The predicted molar refractivity (Wildman–Crippen MR) is 132 cm³/mol. The van der Waals surface area contributed by atoms with Crippen molar-refractivity contribution in [3.63, 3.8) is 0 Å². The minimum absolute atomic E-state index is 0.0325. The van der Waals surface area contributed by atoms with Crippen molar-refractivity contribution in [3.05, 3.63) is 58.6 Å². The fraction of sp³-hybridized carbons (Fsp3) is 0.375. The third-order valence-electron chi connectivity index (χ3n) is 6.64. The number of likely N-dealkylation sites (tertiary alicyclic amines) is 1. The van der Waals surface area contributed by atoms with Crippen LogP contribution in [0.5, 0.6) is 0 Å². The largest absolute Gasteiger partial charge is 0.395 e. The number of aromatic nitrogens is 5. The molecule has 1 aliphatic heterocycles. The SMILES string of the molecule is Cc1nn(-c2ccnc(Nc3ccc4c(c3)c(Cl)c(C)n4C)n2)cc1CN1C[C@H](O)C[C@H]1CO. The van der Waals surface area contributed by atoms with Crippen LogP contribution in [0.3, 0.4) is 0 Å². The first kappa shape index (κ1) is 22.8. The van der Waals surface area contributed by atoms with Crippen molar-refractivity contribution in [1.29, 1.82) is 0 Å². The van der Waals surface area contributed by atoms with Gasteiger partial charge in [-0.1, -0.05) is 11.6 Å². The molecule has 178 valence electrons. The van der Waals surface area contributed by atoms with Crippen molar-refractivity contribution in [2.45, 2.75) is 39.0 Å². The molecule has 1 saturated heterocycles. The standard InChI is InChI=1S/C24H28ClN7O2/c1-14-16(10-31-12-19(34)9-18(31)13-33)11-32(29-14)22-6-7-26-24(28-22)27-17-4-5-21-20(8-17)23(25)15(2)30(21)3/h4-8,11,18-19,33-34H,9-10,12-13H2,1-3H3,(H,26,27,28)/t18-,19+/m0/s1. The van der Waals surface area contributed by atoms with E-state index >= 15 is 0 Å². The van der Waals surface area contributed by atoms with Crippen LogP contribution in [-0.2, 0) is 13.6 Å². The first-order valence-corrected chi connectivity index (χ1v) is 11.6. The Morgan fingerprint density at radius 3 is 2.85 bits per heavy atom. The highest BCUT2D eigenvalue weighted by Gasteiger charge is 2.30. The zero-order chi connectivity index (χ0) is 24.0. The summed E-state index contributed by atoms with van der Waals surface area (Å²) in [5, 5.41) is 29.2. The Bertz CT molecular complexity index is 1350. The number of nitrogens with one attached hydrogen (secondary N) is 1. The van der Waals surface area contributed by atoms with Gasteiger partial charge in [-0.05, 0) is 38.5 Å². The van der Waals surface area contributed by atoms with E-state index in [1.54, 1.807) is 16.9 Å². The van der Waals surface area contributed by atoms with Gasteiger partial charge in [0, 0.05) is 72.5 Å².